The molecule has 0 bridgehead atoms. The molecule has 168 valence electrons. The van der Waals surface area contributed by atoms with Gasteiger partial charge in [-0.15, -0.1) is 0 Å². The van der Waals surface area contributed by atoms with Crippen LogP contribution in [0, 0.1) is 0 Å². The molecule has 0 radical (unpaired) electrons. The highest BCUT2D eigenvalue weighted by Gasteiger charge is 2.22. The first-order valence-electron chi connectivity index (χ1n) is 9.56. The summed E-state index contributed by atoms with van der Waals surface area (Å²) < 4.78 is 35.5. The van der Waals surface area contributed by atoms with Gasteiger partial charge in [0.15, 0.2) is 11.2 Å². The monoisotopic (exact) mass is 452 g/mol. The topological polar surface area (TPSA) is 150 Å². The van der Waals surface area contributed by atoms with Crippen LogP contribution >= 0.6 is 0 Å². The van der Waals surface area contributed by atoms with Crippen molar-refractivity contribution in [2.24, 2.45) is 14.1 Å². The Balaban J connectivity index is 1.90. The Labute approximate surface area is 177 Å². The molecule has 2 N–H and O–H groups in total. The Kier molecular flexibility index (Phi) is 6.18. The van der Waals surface area contributed by atoms with Gasteiger partial charge < -0.3 is 13.9 Å². The van der Waals surface area contributed by atoms with Crippen molar-refractivity contribution in [3.05, 3.63) is 44.6 Å². The van der Waals surface area contributed by atoms with E-state index in [4.69, 9.17) is 4.74 Å². The van der Waals surface area contributed by atoms with E-state index in [1.807, 2.05) is 6.92 Å². The van der Waals surface area contributed by atoms with Gasteiger partial charge in [-0.05, 0) is 19.5 Å². The minimum atomic E-state index is -3.71. The summed E-state index contributed by atoms with van der Waals surface area (Å²) in [6.07, 6.45) is 2.88. The van der Waals surface area contributed by atoms with E-state index in [1.165, 1.54) is 40.1 Å². The zero-order chi connectivity index (χ0) is 22.9. The first kappa shape index (κ1) is 22.5. The number of imidazole rings is 1. The number of carbonyl (C=O) groups excluding carboxylic acids is 1. The average molecular weight is 452 g/mol. The number of aromatic amines is 1. The Bertz CT molecular complexity index is 1360. The Morgan fingerprint density at radius 2 is 2.00 bits per heavy atom. The number of sulfonamides is 1. The maximum absolute atomic E-state index is 12.5. The lowest BCUT2D eigenvalue weighted by Crippen LogP contribution is -2.31. The first-order valence-corrected chi connectivity index (χ1v) is 11.0. The molecule has 3 aromatic heterocycles. The highest BCUT2D eigenvalue weighted by molar-refractivity contribution is 7.89. The van der Waals surface area contributed by atoms with Gasteiger partial charge in [0.05, 0.1) is 0 Å². The van der Waals surface area contributed by atoms with E-state index in [9.17, 15) is 22.8 Å². The van der Waals surface area contributed by atoms with E-state index in [2.05, 4.69) is 14.7 Å². The van der Waals surface area contributed by atoms with Crippen molar-refractivity contribution in [3.8, 4) is 0 Å². The van der Waals surface area contributed by atoms with Gasteiger partial charge in [0.2, 0.25) is 10.0 Å². The molecule has 0 fully saturated rings. The van der Waals surface area contributed by atoms with Gasteiger partial charge in [0.25, 0.3) is 5.56 Å². The number of nitrogens with one attached hydrogen (secondary N) is 2. The summed E-state index contributed by atoms with van der Waals surface area (Å²) >= 11 is 0. The van der Waals surface area contributed by atoms with Crippen LogP contribution in [0.3, 0.4) is 0 Å². The highest BCUT2D eigenvalue weighted by Crippen LogP contribution is 2.16. The summed E-state index contributed by atoms with van der Waals surface area (Å²) in [5.74, 6) is -0.494. The SMILES string of the molecule is CCCCn1c(=O)[nH]c(=O)c2c1nc(COC(=O)c1cc(S(=O)(=O)NC)cn1C)n2C. The number of esters is 1. The van der Waals surface area contributed by atoms with E-state index in [1.54, 1.807) is 7.05 Å². The maximum Gasteiger partial charge on any atom is 0.355 e. The van der Waals surface area contributed by atoms with Crippen LogP contribution in [0.4, 0.5) is 0 Å². The molecule has 13 heteroatoms. The predicted octanol–water partition coefficient (Wildman–Crippen LogP) is -0.173. The number of hydrogen-bond donors (Lipinski definition) is 2. The Morgan fingerprint density at radius 3 is 2.65 bits per heavy atom. The molecule has 0 unspecified atom stereocenters. The number of nitrogens with zero attached hydrogens (tertiary/aromatic N) is 4. The highest BCUT2D eigenvalue weighted by atomic mass is 32.2. The number of rotatable bonds is 8. The van der Waals surface area contributed by atoms with Crippen molar-refractivity contribution in [1.29, 1.82) is 0 Å². The zero-order valence-electron chi connectivity index (χ0n) is 17.6. The third kappa shape index (κ3) is 4.18. The number of H-pyrrole nitrogens is 1. The van der Waals surface area contributed by atoms with Gasteiger partial charge in [0, 0.05) is 26.8 Å². The average Bonchev–Trinajstić information content (AvgIpc) is 3.27. The van der Waals surface area contributed by atoms with Crippen molar-refractivity contribution >= 4 is 27.2 Å². The lowest BCUT2D eigenvalue weighted by atomic mass is 10.3. The van der Waals surface area contributed by atoms with Gasteiger partial charge in [-0.2, -0.15) is 0 Å². The van der Waals surface area contributed by atoms with Crippen LogP contribution in [-0.4, -0.2) is 45.1 Å². The number of aromatic nitrogens is 5. The van der Waals surface area contributed by atoms with Crippen molar-refractivity contribution in [1.82, 2.24) is 28.4 Å². The Hall–Kier alpha value is -3.19. The number of aryl methyl sites for hydroxylation is 3. The van der Waals surface area contributed by atoms with Crippen LogP contribution in [0.15, 0.2) is 26.7 Å². The molecule has 0 aromatic carbocycles. The second kappa shape index (κ2) is 8.51. The number of ether oxygens (including phenoxy) is 1. The third-order valence-electron chi connectivity index (χ3n) is 4.94. The lowest BCUT2D eigenvalue weighted by molar-refractivity contribution is 0.0448. The molecule has 0 spiro atoms. The fourth-order valence-corrected chi connectivity index (χ4v) is 3.95. The molecule has 3 aromatic rings. The second-order valence-corrected chi connectivity index (χ2v) is 8.87. The number of hydrogen-bond acceptors (Lipinski definition) is 7. The van der Waals surface area contributed by atoms with E-state index in [0.717, 1.165) is 12.8 Å². The smallest absolute Gasteiger partial charge is 0.355 e. The summed E-state index contributed by atoms with van der Waals surface area (Å²) in [5, 5.41) is 0. The molecule has 3 heterocycles. The van der Waals surface area contributed by atoms with Gasteiger partial charge in [-0.25, -0.2) is 27.7 Å². The minimum absolute atomic E-state index is 0.0327. The van der Waals surface area contributed by atoms with Crippen molar-refractivity contribution in [3.63, 3.8) is 0 Å². The third-order valence-corrected chi connectivity index (χ3v) is 6.32. The number of fused-ring (bicyclic) bond motifs is 1. The van der Waals surface area contributed by atoms with Crippen LogP contribution in [0.2, 0.25) is 0 Å². The van der Waals surface area contributed by atoms with Gasteiger partial charge in [-0.1, -0.05) is 13.3 Å². The molecule has 0 saturated carbocycles. The maximum atomic E-state index is 12.5. The molecular formula is C18H24N6O6S. The predicted molar refractivity (Wildman–Crippen MR) is 111 cm³/mol. The standard InChI is InChI=1S/C18H24N6O6S/c1-5-6-7-24-15-14(16(25)21-18(24)27)23(4)13(20-15)10-30-17(26)12-8-11(9-22(12)3)31(28,29)19-2/h8-9,19H,5-7,10H2,1-4H3,(H,21,25,27). The molecule has 31 heavy (non-hydrogen) atoms. The summed E-state index contributed by atoms with van der Waals surface area (Å²) in [4.78, 5) is 43.5. The molecule has 0 amide bonds. The second-order valence-electron chi connectivity index (χ2n) is 6.98. The first-order chi connectivity index (χ1) is 14.6. The molecule has 0 saturated heterocycles. The summed E-state index contributed by atoms with van der Waals surface area (Å²) in [6.45, 7) is 2.10. The van der Waals surface area contributed by atoms with Crippen LogP contribution < -0.4 is 16.0 Å². The molecule has 0 atom stereocenters. The van der Waals surface area contributed by atoms with Crippen LogP contribution in [-0.2, 0) is 42.0 Å². The van der Waals surface area contributed by atoms with Gasteiger partial charge in [-0.3, -0.25) is 14.3 Å². The number of unbranched alkanes of at least 4 members (excludes halogenated alkanes) is 1. The molecule has 12 nitrogen and oxygen atoms in total. The van der Waals surface area contributed by atoms with E-state index in [-0.39, 0.29) is 34.2 Å². The Morgan fingerprint density at radius 1 is 1.29 bits per heavy atom. The number of carbonyl (C=O) groups is 1. The molecule has 0 aliphatic rings. The van der Waals surface area contributed by atoms with Crippen molar-refractivity contribution in [2.45, 2.75) is 37.8 Å². The lowest BCUT2D eigenvalue weighted by Gasteiger charge is -2.05. The summed E-state index contributed by atoms with van der Waals surface area (Å²) in [6, 6.07) is 1.20. The summed E-state index contributed by atoms with van der Waals surface area (Å²) in [5.41, 5.74) is -0.676. The zero-order valence-corrected chi connectivity index (χ0v) is 18.4. The quantitative estimate of drug-likeness (QED) is 0.450. The minimum Gasteiger partial charge on any atom is -0.453 e. The van der Waals surface area contributed by atoms with Crippen LogP contribution in [0.25, 0.3) is 11.2 Å². The fourth-order valence-electron chi connectivity index (χ4n) is 3.15. The molecular weight excluding hydrogens is 428 g/mol. The van der Waals surface area contributed by atoms with Gasteiger partial charge >= 0.3 is 11.7 Å². The molecule has 0 aliphatic heterocycles. The normalized spacial score (nSPS) is 11.9. The van der Waals surface area contributed by atoms with E-state index < -0.39 is 27.2 Å². The molecule has 0 aliphatic carbocycles. The van der Waals surface area contributed by atoms with E-state index >= 15 is 0 Å². The summed E-state index contributed by atoms with van der Waals surface area (Å²) in [7, 11) is 0.666. The van der Waals surface area contributed by atoms with Gasteiger partial charge in [0.1, 0.15) is 23.0 Å². The van der Waals surface area contributed by atoms with E-state index in [0.29, 0.717) is 6.54 Å². The van der Waals surface area contributed by atoms with Crippen LogP contribution in [0.5, 0.6) is 0 Å². The van der Waals surface area contributed by atoms with Crippen LogP contribution in [0.1, 0.15) is 36.1 Å². The largest absolute Gasteiger partial charge is 0.453 e. The van der Waals surface area contributed by atoms with Crippen molar-refractivity contribution < 1.29 is 17.9 Å². The molecule has 3 rings (SSSR count). The fraction of sp³-hybridized carbons (Fsp3) is 0.444. The van der Waals surface area contributed by atoms with Crippen molar-refractivity contribution in [2.75, 3.05) is 7.05 Å².